The molecule has 0 amide bonds. The molecule has 0 spiro atoms. The van der Waals surface area contributed by atoms with Gasteiger partial charge in [0.05, 0.1) is 22.4 Å². The molecular formula is C28H18BrN3. The molecule has 0 aliphatic heterocycles. The van der Waals surface area contributed by atoms with Crippen molar-refractivity contribution in [1.29, 1.82) is 0 Å². The first kappa shape index (κ1) is 19.0. The summed E-state index contributed by atoms with van der Waals surface area (Å²) in [6.45, 7) is 0. The molecule has 6 aromatic rings. The standard InChI is InChI=1S/C28H18BrN3/c29-21-11-12-28-24(18-21)23-7-1-2-10-27(23)32(28)22-16-19(25-8-3-5-13-30-25)15-20(17-22)26-9-4-6-14-31-26/h1-18H. The topological polar surface area (TPSA) is 30.7 Å². The van der Waals surface area contributed by atoms with Crippen LogP contribution in [0.1, 0.15) is 0 Å². The number of nitrogens with zero attached hydrogens (tertiary/aromatic N) is 3. The van der Waals surface area contributed by atoms with E-state index in [2.05, 4.69) is 91.1 Å². The molecule has 32 heavy (non-hydrogen) atoms. The maximum Gasteiger partial charge on any atom is 0.0702 e. The Labute approximate surface area is 194 Å². The maximum absolute atomic E-state index is 4.61. The molecule has 6 rings (SSSR count). The molecule has 0 N–H and O–H groups in total. The summed E-state index contributed by atoms with van der Waals surface area (Å²) in [6.07, 6.45) is 3.67. The van der Waals surface area contributed by atoms with Gasteiger partial charge < -0.3 is 4.57 Å². The van der Waals surface area contributed by atoms with Crippen LogP contribution in [-0.2, 0) is 0 Å². The van der Waals surface area contributed by atoms with Crippen LogP contribution in [0.2, 0.25) is 0 Å². The molecule has 0 radical (unpaired) electrons. The molecule has 0 atom stereocenters. The lowest BCUT2D eigenvalue weighted by atomic mass is 10.0. The average Bonchev–Trinajstić information content (AvgIpc) is 3.18. The fourth-order valence-corrected chi connectivity index (χ4v) is 4.69. The first-order valence-corrected chi connectivity index (χ1v) is 11.2. The third-order valence-corrected chi connectivity index (χ3v) is 6.23. The number of rotatable bonds is 3. The van der Waals surface area contributed by atoms with E-state index in [1.165, 1.54) is 21.8 Å². The summed E-state index contributed by atoms with van der Waals surface area (Å²) >= 11 is 3.64. The summed E-state index contributed by atoms with van der Waals surface area (Å²) in [7, 11) is 0. The zero-order valence-electron chi connectivity index (χ0n) is 17.1. The largest absolute Gasteiger partial charge is 0.309 e. The van der Waals surface area contributed by atoms with E-state index in [4.69, 9.17) is 0 Å². The monoisotopic (exact) mass is 475 g/mol. The fraction of sp³-hybridized carbons (Fsp3) is 0. The second kappa shape index (κ2) is 7.74. The molecule has 152 valence electrons. The lowest BCUT2D eigenvalue weighted by Gasteiger charge is -2.13. The van der Waals surface area contributed by atoms with Crippen LogP contribution in [0.4, 0.5) is 0 Å². The Kier molecular flexibility index (Phi) is 4.58. The fourth-order valence-electron chi connectivity index (χ4n) is 4.33. The molecule has 3 aromatic carbocycles. The lowest BCUT2D eigenvalue weighted by molar-refractivity contribution is 1.17. The van der Waals surface area contributed by atoms with Gasteiger partial charge in [-0.25, -0.2) is 0 Å². The van der Waals surface area contributed by atoms with E-state index in [9.17, 15) is 0 Å². The smallest absolute Gasteiger partial charge is 0.0702 e. The van der Waals surface area contributed by atoms with Crippen LogP contribution in [0.15, 0.2) is 114 Å². The minimum atomic E-state index is 0.940. The minimum absolute atomic E-state index is 0.940. The zero-order valence-corrected chi connectivity index (χ0v) is 18.7. The van der Waals surface area contributed by atoms with Crippen LogP contribution in [0, 0.1) is 0 Å². The molecule has 0 unspecified atom stereocenters. The van der Waals surface area contributed by atoms with Crippen LogP contribution in [0.3, 0.4) is 0 Å². The number of para-hydroxylation sites is 1. The van der Waals surface area contributed by atoms with Gasteiger partial charge in [-0.1, -0.05) is 46.3 Å². The Morgan fingerprint density at radius 3 is 1.84 bits per heavy atom. The van der Waals surface area contributed by atoms with Crippen LogP contribution >= 0.6 is 15.9 Å². The first-order chi connectivity index (χ1) is 15.8. The van der Waals surface area contributed by atoms with Crippen molar-refractivity contribution in [1.82, 2.24) is 14.5 Å². The Bertz CT molecular complexity index is 1510. The van der Waals surface area contributed by atoms with Crippen LogP contribution in [-0.4, -0.2) is 14.5 Å². The predicted molar refractivity (Wildman–Crippen MR) is 135 cm³/mol. The Hall–Kier alpha value is -3.76. The SMILES string of the molecule is Brc1ccc2c(c1)c1ccccc1n2-c1cc(-c2ccccn2)cc(-c2ccccn2)c1. The Morgan fingerprint density at radius 1 is 0.562 bits per heavy atom. The van der Waals surface area contributed by atoms with Gasteiger partial charge in [0.25, 0.3) is 0 Å². The summed E-state index contributed by atoms with van der Waals surface area (Å²) in [5, 5.41) is 2.45. The van der Waals surface area contributed by atoms with E-state index >= 15 is 0 Å². The average molecular weight is 476 g/mol. The summed E-state index contributed by atoms with van der Waals surface area (Å²) in [4.78, 5) is 9.21. The number of halogens is 1. The molecule has 0 fully saturated rings. The maximum atomic E-state index is 4.61. The van der Waals surface area contributed by atoms with E-state index in [1.807, 2.05) is 48.8 Å². The highest BCUT2D eigenvalue weighted by atomic mass is 79.9. The highest BCUT2D eigenvalue weighted by Gasteiger charge is 2.15. The van der Waals surface area contributed by atoms with Crippen LogP contribution < -0.4 is 0 Å². The molecule has 0 aliphatic rings. The number of fused-ring (bicyclic) bond motifs is 3. The van der Waals surface area contributed by atoms with Crippen LogP contribution in [0.25, 0.3) is 50.0 Å². The number of hydrogen-bond acceptors (Lipinski definition) is 2. The number of hydrogen-bond donors (Lipinski definition) is 0. The number of benzene rings is 3. The second-order valence-electron chi connectivity index (χ2n) is 7.71. The third kappa shape index (κ3) is 3.20. The van der Waals surface area contributed by atoms with Gasteiger partial charge in [-0.15, -0.1) is 0 Å². The number of aromatic nitrogens is 3. The van der Waals surface area contributed by atoms with Gasteiger partial charge in [-0.2, -0.15) is 0 Å². The van der Waals surface area contributed by atoms with Gasteiger partial charge in [0, 0.05) is 44.5 Å². The van der Waals surface area contributed by atoms with Gasteiger partial charge in [0.1, 0.15) is 0 Å². The molecule has 3 nitrogen and oxygen atoms in total. The minimum Gasteiger partial charge on any atom is -0.309 e. The van der Waals surface area contributed by atoms with Gasteiger partial charge in [0.15, 0.2) is 0 Å². The van der Waals surface area contributed by atoms with E-state index < -0.39 is 0 Å². The zero-order chi connectivity index (χ0) is 21.5. The van der Waals surface area contributed by atoms with E-state index in [-0.39, 0.29) is 0 Å². The third-order valence-electron chi connectivity index (χ3n) is 5.73. The Morgan fingerprint density at radius 2 is 1.19 bits per heavy atom. The van der Waals surface area contributed by atoms with Crippen molar-refractivity contribution >= 4 is 37.7 Å². The van der Waals surface area contributed by atoms with Crippen molar-refractivity contribution < 1.29 is 0 Å². The molecule has 3 aromatic heterocycles. The first-order valence-electron chi connectivity index (χ1n) is 10.4. The predicted octanol–water partition coefficient (Wildman–Crippen LogP) is 7.67. The molecule has 0 saturated heterocycles. The molecule has 4 heteroatoms. The summed E-state index contributed by atoms with van der Waals surface area (Å²) in [6, 6.07) is 33.6. The van der Waals surface area contributed by atoms with Crippen molar-refractivity contribution in [3.8, 4) is 28.2 Å². The molecule has 0 aliphatic carbocycles. The van der Waals surface area contributed by atoms with E-state index in [1.54, 1.807) is 0 Å². The van der Waals surface area contributed by atoms with Crippen molar-refractivity contribution in [2.75, 3.05) is 0 Å². The highest BCUT2D eigenvalue weighted by Crippen LogP contribution is 2.36. The van der Waals surface area contributed by atoms with Gasteiger partial charge >= 0.3 is 0 Å². The summed E-state index contributed by atoms with van der Waals surface area (Å²) in [5.41, 5.74) is 7.43. The van der Waals surface area contributed by atoms with Crippen molar-refractivity contribution in [3.63, 3.8) is 0 Å². The highest BCUT2D eigenvalue weighted by molar-refractivity contribution is 9.10. The second-order valence-corrected chi connectivity index (χ2v) is 8.63. The molecule has 3 heterocycles. The lowest BCUT2D eigenvalue weighted by Crippen LogP contribution is -1.96. The van der Waals surface area contributed by atoms with Crippen LogP contribution in [0.5, 0.6) is 0 Å². The normalized spacial score (nSPS) is 11.3. The van der Waals surface area contributed by atoms with Gasteiger partial charge in [0.2, 0.25) is 0 Å². The molecular weight excluding hydrogens is 458 g/mol. The van der Waals surface area contributed by atoms with E-state index in [0.717, 1.165) is 32.7 Å². The van der Waals surface area contributed by atoms with Crippen molar-refractivity contribution in [2.24, 2.45) is 0 Å². The Balaban J connectivity index is 1.70. The van der Waals surface area contributed by atoms with Gasteiger partial charge in [-0.3, -0.25) is 9.97 Å². The number of pyridine rings is 2. The van der Waals surface area contributed by atoms with E-state index in [0.29, 0.717) is 0 Å². The molecule has 0 saturated carbocycles. The van der Waals surface area contributed by atoms with Crippen molar-refractivity contribution in [2.45, 2.75) is 0 Å². The molecule has 0 bridgehead atoms. The summed E-state index contributed by atoms with van der Waals surface area (Å²) < 4.78 is 3.40. The van der Waals surface area contributed by atoms with Gasteiger partial charge in [-0.05, 0) is 66.7 Å². The van der Waals surface area contributed by atoms with Crippen molar-refractivity contribution in [3.05, 3.63) is 114 Å². The quantitative estimate of drug-likeness (QED) is 0.262. The summed E-state index contributed by atoms with van der Waals surface area (Å²) in [5.74, 6) is 0.